The molecule has 0 amide bonds. The summed E-state index contributed by atoms with van der Waals surface area (Å²) in [6.45, 7) is 6.45. The maximum Gasteiger partial charge on any atom is 0.306 e. The van der Waals surface area contributed by atoms with E-state index in [0.29, 0.717) is 19.3 Å². The van der Waals surface area contributed by atoms with Crippen molar-refractivity contribution in [1.29, 1.82) is 0 Å². The Kier molecular flexibility index (Phi) is 65.3. The highest BCUT2D eigenvalue weighted by Crippen LogP contribution is 2.16. The smallest absolute Gasteiger partial charge is 0.306 e. The molecule has 0 aliphatic rings. The van der Waals surface area contributed by atoms with Crippen LogP contribution in [-0.2, 0) is 28.6 Å². The van der Waals surface area contributed by atoms with Crippen molar-refractivity contribution in [3.05, 3.63) is 134 Å². The molecule has 0 saturated carbocycles. The molecule has 0 aromatic carbocycles. The summed E-state index contributed by atoms with van der Waals surface area (Å²) in [5, 5.41) is 0. The van der Waals surface area contributed by atoms with Crippen molar-refractivity contribution in [2.24, 2.45) is 0 Å². The van der Waals surface area contributed by atoms with Gasteiger partial charge in [0.25, 0.3) is 0 Å². The fourth-order valence-electron chi connectivity index (χ4n) is 9.26. The Bertz CT molecular complexity index is 1730. The van der Waals surface area contributed by atoms with Gasteiger partial charge in [0.15, 0.2) is 6.10 Å². The maximum absolute atomic E-state index is 12.9. The zero-order valence-corrected chi connectivity index (χ0v) is 53.5. The van der Waals surface area contributed by atoms with E-state index in [1.165, 1.54) is 122 Å². The Balaban J connectivity index is 4.23. The lowest BCUT2D eigenvalue weighted by molar-refractivity contribution is -0.167. The highest BCUT2D eigenvalue weighted by atomic mass is 16.6. The van der Waals surface area contributed by atoms with Gasteiger partial charge in [-0.3, -0.25) is 14.4 Å². The first-order chi connectivity index (χ1) is 40.5. The molecule has 0 aliphatic heterocycles. The summed E-state index contributed by atoms with van der Waals surface area (Å²) in [6, 6.07) is 0. The van der Waals surface area contributed by atoms with Crippen LogP contribution in [0.3, 0.4) is 0 Å². The van der Waals surface area contributed by atoms with E-state index in [1.54, 1.807) is 0 Å². The standard InChI is InChI=1S/C76H126O6/c1-4-7-10-13-16-19-22-24-26-28-30-32-33-34-35-36-37-38-39-40-41-42-43-45-46-48-50-52-54-57-60-63-66-69-75(78)81-72-73(71-80-74(77)68-65-62-59-56-21-18-15-12-9-6-3)82-76(79)70-67-64-61-58-55-53-51-49-47-44-31-29-27-25-23-20-17-14-11-8-5-2/h7,10,12,15-16,19,23-26,29-32,34-35,37-38,40-41,47,49,73H,4-6,8-9,11,13-14,17-18,20-22,27-28,33,36,39,42-46,48,50-72H2,1-3H3/b10-7-,15-12-,19-16-,25-23-,26-24-,31-29-,32-30-,35-34-,38-37-,41-40-,49-47-. The van der Waals surface area contributed by atoms with Gasteiger partial charge in [0.05, 0.1) is 0 Å². The topological polar surface area (TPSA) is 78.9 Å². The van der Waals surface area contributed by atoms with Crippen LogP contribution in [0.1, 0.15) is 310 Å². The Morgan fingerprint density at radius 3 is 0.805 bits per heavy atom. The quantitative estimate of drug-likeness (QED) is 0.0261. The maximum atomic E-state index is 12.9. The van der Waals surface area contributed by atoms with Gasteiger partial charge in [-0.25, -0.2) is 0 Å². The lowest BCUT2D eigenvalue weighted by atomic mass is 10.0. The molecule has 0 fully saturated rings. The third-order valence-corrected chi connectivity index (χ3v) is 14.3. The van der Waals surface area contributed by atoms with Crippen LogP contribution >= 0.6 is 0 Å². The van der Waals surface area contributed by atoms with Gasteiger partial charge in [0.2, 0.25) is 0 Å². The van der Waals surface area contributed by atoms with Gasteiger partial charge < -0.3 is 14.2 Å². The fraction of sp³-hybridized carbons (Fsp3) is 0.671. The third-order valence-electron chi connectivity index (χ3n) is 14.3. The van der Waals surface area contributed by atoms with Gasteiger partial charge in [0.1, 0.15) is 13.2 Å². The van der Waals surface area contributed by atoms with Gasteiger partial charge in [-0.1, -0.05) is 289 Å². The van der Waals surface area contributed by atoms with Gasteiger partial charge in [-0.05, 0) is 135 Å². The van der Waals surface area contributed by atoms with Crippen LogP contribution < -0.4 is 0 Å². The molecular formula is C76H126O6. The molecule has 0 radical (unpaired) electrons. The Labute approximate surface area is 506 Å². The van der Waals surface area contributed by atoms with Crippen molar-refractivity contribution in [3.8, 4) is 0 Å². The molecule has 0 aliphatic carbocycles. The largest absolute Gasteiger partial charge is 0.462 e. The van der Waals surface area contributed by atoms with Crippen molar-refractivity contribution in [1.82, 2.24) is 0 Å². The molecular weight excluding hydrogens is 1010 g/mol. The number of unbranched alkanes of at least 4 members (excludes halogenated alkanes) is 28. The zero-order chi connectivity index (χ0) is 59.2. The fourth-order valence-corrected chi connectivity index (χ4v) is 9.26. The van der Waals surface area contributed by atoms with Crippen LogP contribution in [0.4, 0.5) is 0 Å². The highest BCUT2D eigenvalue weighted by Gasteiger charge is 2.19. The van der Waals surface area contributed by atoms with Crippen LogP contribution in [0.5, 0.6) is 0 Å². The zero-order valence-electron chi connectivity index (χ0n) is 53.5. The van der Waals surface area contributed by atoms with Crippen LogP contribution in [0.15, 0.2) is 134 Å². The van der Waals surface area contributed by atoms with Crippen molar-refractivity contribution in [3.63, 3.8) is 0 Å². The lowest BCUT2D eigenvalue weighted by Crippen LogP contribution is -2.30. The minimum absolute atomic E-state index is 0.0896. The SMILES string of the molecule is CC/C=C\C/C=C\C/C=C\C/C=C\C/C=C\C/C=C\C/C=C\CCCCCCCCCCCCCC(=O)OCC(COC(=O)CCCCCCC/C=C\CCC)OC(=O)CCCCCCCC/C=C\C/C=C\C/C=C\CCCCCCC. The summed E-state index contributed by atoms with van der Waals surface area (Å²) in [5.74, 6) is -0.911. The molecule has 6 nitrogen and oxygen atoms in total. The average Bonchev–Trinajstić information content (AvgIpc) is 3.48. The first-order valence-corrected chi connectivity index (χ1v) is 34.2. The van der Waals surface area contributed by atoms with E-state index >= 15 is 0 Å². The van der Waals surface area contributed by atoms with Gasteiger partial charge >= 0.3 is 17.9 Å². The molecule has 0 saturated heterocycles. The molecule has 0 spiro atoms. The molecule has 466 valence electrons. The van der Waals surface area contributed by atoms with Crippen LogP contribution in [0.25, 0.3) is 0 Å². The lowest BCUT2D eigenvalue weighted by Gasteiger charge is -2.18. The molecule has 0 rings (SSSR count). The van der Waals surface area contributed by atoms with Gasteiger partial charge in [0, 0.05) is 19.3 Å². The third kappa shape index (κ3) is 66.4. The molecule has 1 atom stereocenters. The normalized spacial score (nSPS) is 13.0. The monoisotopic (exact) mass is 1130 g/mol. The van der Waals surface area contributed by atoms with E-state index in [2.05, 4.69) is 154 Å². The van der Waals surface area contributed by atoms with Crippen molar-refractivity contribution in [2.45, 2.75) is 316 Å². The van der Waals surface area contributed by atoms with Crippen molar-refractivity contribution < 1.29 is 28.6 Å². The van der Waals surface area contributed by atoms with Gasteiger partial charge in [-0.2, -0.15) is 0 Å². The first-order valence-electron chi connectivity index (χ1n) is 34.2. The minimum Gasteiger partial charge on any atom is -0.462 e. The Morgan fingerprint density at radius 2 is 0.500 bits per heavy atom. The second kappa shape index (κ2) is 69.0. The summed E-state index contributed by atoms with van der Waals surface area (Å²) < 4.78 is 16.9. The van der Waals surface area contributed by atoms with Crippen molar-refractivity contribution >= 4 is 17.9 Å². The molecule has 6 heteroatoms. The molecule has 0 N–H and O–H groups in total. The summed E-state index contributed by atoms with van der Waals surface area (Å²) in [5.41, 5.74) is 0. The summed E-state index contributed by atoms with van der Waals surface area (Å²) >= 11 is 0. The van der Waals surface area contributed by atoms with Crippen molar-refractivity contribution in [2.75, 3.05) is 13.2 Å². The predicted molar refractivity (Wildman–Crippen MR) is 357 cm³/mol. The number of allylic oxidation sites excluding steroid dienone is 22. The van der Waals surface area contributed by atoms with E-state index in [0.717, 1.165) is 148 Å². The summed E-state index contributed by atoms with van der Waals surface area (Å²) in [4.78, 5) is 38.3. The molecule has 0 bridgehead atoms. The van der Waals surface area contributed by atoms with E-state index < -0.39 is 6.10 Å². The van der Waals surface area contributed by atoms with Gasteiger partial charge in [-0.15, -0.1) is 0 Å². The second-order valence-electron chi connectivity index (χ2n) is 22.3. The predicted octanol–water partition coefficient (Wildman–Crippen LogP) is 23.7. The number of hydrogen-bond acceptors (Lipinski definition) is 6. The number of carbonyl (C=O) groups is 3. The van der Waals surface area contributed by atoms with E-state index in [9.17, 15) is 14.4 Å². The van der Waals surface area contributed by atoms with E-state index in [4.69, 9.17) is 14.2 Å². The molecule has 0 aromatic heterocycles. The first kappa shape index (κ1) is 77.5. The highest BCUT2D eigenvalue weighted by molar-refractivity contribution is 5.71. The number of rotatable bonds is 61. The van der Waals surface area contributed by atoms with E-state index in [1.807, 2.05) is 0 Å². The minimum atomic E-state index is -0.794. The number of hydrogen-bond donors (Lipinski definition) is 0. The molecule has 0 aromatic rings. The Hall–Kier alpha value is -4.45. The van der Waals surface area contributed by atoms with Crippen LogP contribution in [0.2, 0.25) is 0 Å². The Morgan fingerprint density at radius 1 is 0.256 bits per heavy atom. The number of esters is 3. The summed E-state index contributed by atoms with van der Waals surface area (Å²) in [6.07, 6.45) is 97.6. The van der Waals surface area contributed by atoms with Crippen LogP contribution in [-0.4, -0.2) is 37.2 Å². The van der Waals surface area contributed by atoms with Crippen LogP contribution in [0, 0.1) is 0 Å². The average molecular weight is 1140 g/mol. The number of ether oxygens (including phenoxy) is 3. The van der Waals surface area contributed by atoms with E-state index in [-0.39, 0.29) is 31.1 Å². The molecule has 0 heterocycles. The number of carbonyl (C=O) groups excluding carboxylic acids is 3. The second-order valence-corrected chi connectivity index (χ2v) is 22.3. The molecule has 82 heavy (non-hydrogen) atoms. The molecule has 1 unspecified atom stereocenters. The summed E-state index contributed by atoms with van der Waals surface area (Å²) in [7, 11) is 0.